The highest BCUT2D eigenvalue weighted by atomic mass is 35.5. The van der Waals surface area contributed by atoms with E-state index in [1.807, 2.05) is 91.0 Å². The third kappa shape index (κ3) is 7.69. The highest BCUT2D eigenvalue weighted by Gasteiger charge is 2.31. The standard InChI is InChI=1S/C31H29ClN2O3/c32-27-18-16-25(17-19-27)22-34(29(35)23-37-28-14-8-3-9-15-28)30(26-12-6-2-7-13-26)31(36)33-21-20-24-10-4-1-5-11-24/h1-19,30H,20-23H2,(H,33,36). The van der Waals surface area contributed by atoms with Gasteiger partial charge in [-0.3, -0.25) is 9.59 Å². The summed E-state index contributed by atoms with van der Waals surface area (Å²) in [6.07, 6.45) is 0.691. The first-order valence-electron chi connectivity index (χ1n) is 12.2. The Morgan fingerprint density at radius 3 is 2.00 bits per heavy atom. The van der Waals surface area contributed by atoms with Crippen LogP contribution < -0.4 is 10.1 Å². The predicted molar refractivity (Wildman–Crippen MR) is 146 cm³/mol. The molecule has 0 fully saturated rings. The number of halogens is 1. The van der Waals surface area contributed by atoms with Gasteiger partial charge in [0.2, 0.25) is 5.91 Å². The van der Waals surface area contributed by atoms with Gasteiger partial charge in [0, 0.05) is 18.1 Å². The molecule has 0 aromatic heterocycles. The van der Waals surface area contributed by atoms with Crippen molar-refractivity contribution in [1.29, 1.82) is 0 Å². The number of benzene rings is 4. The van der Waals surface area contributed by atoms with Crippen LogP contribution in [0.4, 0.5) is 0 Å². The van der Waals surface area contributed by atoms with Gasteiger partial charge in [-0.1, -0.05) is 103 Å². The molecule has 4 rings (SSSR count). The molecule has 6 heteroatoms. The number of rotatable bonds is 11. The number of carbonyl (C=O) groups excluding carboxylic acids is 2. The maximum absolute atomic E-state index is 13.6. The van der Waals surface area contributed by atoms with Gasteiger partial charge in [-0.25, -0.2) is 0 Å². The first-order chi connectivity index (χ1) is 18.1. The van der Waals surface area contributed by atoms with Gasteiger partial charge in [0.1, 0.15) is 11.8 Å². The minimum Gasteiger partial charge on any atom is -0.484 e. The second kappa shape index (κ2) is 13.3. The molecule has 5 nitrogen and oxygen atoms in total. The number of nitrogens with one attached hydrogen (secondary N) is 1. The lowest BCUT2D eigenvalue weighted by Crippen LogP contribution is -2.45. The summed E-state index contributed by atoms with van der Waals surface area (Å²) in [4.78, 5) is 28.8. The normalized spacial score (nSPS) is 11.4. The quantitative estimate of drug-likeness (QED) is 0.274. The van der Waals surface area contributed by atoms with Gasteiger partial charge in [-0.05, 0) is 47.4 Å². The largest absolute Gasteiger partial charge is 0.484 e. The fourth-order valence-corrected chi connectivity index (χ4v) is 4.16. The number of carbonyl (C=O) groups is 2. The fourth-order valence-electron chi connectivity index (χ4n) is 4.03. The molecule has 37 heavy (non-hydrogen) atoms. The van der Waals surface area contributed by atoms with Gasteiger partial charge < -0.3 is 15.0 Å². The molecule has 0 saturated heterocycles. The van der Waals surface area contributed by atoms with E-state index in [9.17, 15) is 9.59 Å². The first-order valence-corrected chi connectivity index (χ1v) is 12.6. The number of amides is 2. The van der Waals surface area contributed by atoms with E-state index in [1.165, 1.54) is 0 Å². The average molecular weight is 513 g/mol. The molecule has 0 saturated carbocycles. The zero-order chi connectivity index (χ0) is 25.9. The van der Waals surface area contributed by atoms with Crippen LogP contribution in [0.2, 0.25) is 5.02 Å². The van der Waals surface area contributed by atoms with Crippen molar-refractivity contribution in [3.05, 3.63) is 137 Å². The SMILES string of the molecule is O=C(NCCc1ccccc1)C(c1ccccc1)N(Cc1ccc(Cl)cc1)C(=O)COc1ccccc1. The highest BCUT2D eigenvalue weighted by molar-refractivity contribution is 6.30. The summed E-state index contributed by atoms with van der Waals surface area (Å²) < 4.78 is 5.77. The van der Waals surface area contributed by atoms with Gasteiger partial charge in [-0.2, -0.15) is 0 Å². The van der Waals surface area contributed by atoms with Gasteiger partial charge in [0.05, 0.1) is 0 Å². The summed E-state index contributed by atoms with van der Waals surface area (Å²) in [6.45, 7) is 0.480. The van der Waals surface area contributed by atoms with E-state index < -0.39 is 6.04 Å². The van der Waals surface area contributed by atoms with E-state index in [0.29, 0.717) is 23.7 Å². The monoisotopic (exact) mass is 512 g/mol. The van der Waals surface area contributed by atoms with Crippen molar-refractivity contribution in [2.75, 3.05) is 13.2 Å². The Hall–Kier alpha value is -4.09. The lowest BCUT2D eigenvalue weighted by Gasteiger charge is -2.31. The molecule has 0 radical (unpaired) electrons. The molecule has 0 heterocycles. The van der Waals surface area contributed by atoms with Crippen molar-refractivity contribution in [3.8, 4) is 5.75 Å². The lowest BCUT2D eigenvalue weighted by atomic mass is 10.0. The second-order valence-electron chi connectivity index (χ2n) is 8.59. The fraction of sp³-hybridized carbons (Fsp3) is 0.161. The molecule has 2 amide bonds. The summed E-state index contributed by atoms with van der Waals surface area (Å²) in [5, 5.41) is 3.64. The van der Waals surface area contributed by atoms with Crippen molar-refractivity contribution in [1.82, 2.24) is 10.2 Å². The van der Waals surface area contributed by atoms with Crippen molar-refractivity contribution >= 4 is 23.4 Å². The summed E-state index contributed by atoms with van der Waals surface area (Å²) in [5.74, 6) is 0.0425. The van der Waals surface area contributed by atoms with Crippen LogP contribution in [0.3, 0.4) is 0 Å². The average Bonchev–Trinajstić information content (AvgIpc) is 2.94. The van der Waals surface area contributed by atoms with Crippen molar-refractivity contribution < 1.29 is 14.3 Å². The van der Waals surface area contributed by atoms with Crippen LogP contribution in [0.1, 0.15) is 22.7 Å². The minimum atomic E-state index is -0.834. The van der Waals surface area contributed by atoms with E-state index in [4.69, 9.17) is 16.3 Å². The first kappa shape index (κ1) is 26.0. The molecule has 4 aromatic carbocycles. The molecule has 1 atom stereocenters. The maximum Gasteiger partial charge on any atom is 0.261 e. The summed E-state index contributed by atoms with van der Waals surface area (Å²) in [6, 6.07) is 34.9. The van der Waals surface area contributed by atoms with Crippen molar-refractivity contribution in [2.45, 2.75) is 19.0 Å². The molecule has 0 aliphatic rings. The Bertz CT molecular complexity index is 1270. The van der Waals surface area contributed by atoms with Gasteiger partial charge in [0.15, 0.2) is 6.61 Å². The van der Waals surface area contributed by atoms with Crippen molar-refractivity contribution in [2.24, 2.45) is 0 Å². The third-order valence-electron chi connectivity index (χ3n) is 5.92. The van der Waals surface area contributed by atoms with Crippen LogP contribution in [0, 0.1) is 0 Å². The number of hydrogen-bond acceptors (Lipinski definition) is 3. The lowest BCUT2D eigenvalue weighted by molar-refractivity contribution is -0.143. The summed E-state index contributed by atoms with van der Waals surface area (Å²) >= 11 is 6.08. The van der Waals surface area contributed by atoms with E-state index in [-0.39, 0.29) is 25.0 Å². The van der Waals surface area contributed by atoms with Crippen LogP contribution in [0.25, 0.3) is 0 Å². The Kier molecular flexibility index (Phi) is 9.33. The Labute approximate surface area is 222 Å². The zero-order valence-electron chi connectivity index (χ0n) is 20.4. The van der Waals surface area contributed by atoms with E-state index in [0.717, 1.165) is 16.7 Å². The zero-order valence-corrected chi connectivity index (χ0v) is 21.2. The van der Waals surface area contributed by atoms with E-state index in [2.05, 4.69) is 5.32 Å². The van der Waals surface area contributed by atoms with Crippen LogP contribution in [-0.4, -0.2) is 29.9 Å². The maximum atomic E-state index is 13.6. The third-order valence-corrected chi connectivity index (χ3v) is 6.18. The number of hydrogen-bond donors (Lipinski definition) is 1. The molecule has 0 aliphatic heterocycles. The molecule has 0 spiro atoms. The van der Waals surface area contributed by atoms with Crippen LogP contribution in [-0.2, 0) is 22.6 Å². The molecule has 4 aromatic rings. The highest BCUT2D eigenvalue weighted by Crippen LogP contribution is 2.25. The summed E-state index contributed by atoms with van der Waals surface area (Å²) in [7, 11) is 0. The molecule has 0 aliphatic carbocycles. The smallest absolute Gasteiger partial charge is 0.261 e. The van der Waals surface area contributed by atoms with Crippen LogP contribution >= 0.6 is 11.6 Å². The van der Waals surface area contributed by atoms with Crippen LogP contribution in [0.5, 0.6) is 5.75 Å². The van der Waals surface area contributed by atoms with Gasteiger partial charge in [-0.15, -0.1) is 0 Å². The minimum absolute atomic E-state index is 0.196. The van der Waals surface area contributed by atoms with Gasteiger partial charge in [0.25, 0.3) is 5.91 Å². The van der Waals surface area contributed by atoms with Gasteiger partial charge >= 0.3 is 0 Å². The molecule has 188 valence electrons. The Balaban J connectivity index is 1.58. The number of para-hydroxylation sites is 1. The van der Waals surface area contributed by atoms with Crippen molar-refractivity contribution in [3.63, 3.8) is 0 Å². The molecule has 0 bridgehead atoms. The molecular formula is C31H29ClN2O3. The predicted octanol–water partition coefficient (Wildman–Crippen LogP) is 5.85. The number of nitrogens with zero attached hydrogens (tertiary/aromatic N) is 1. The van der Waals surface area contributed by atoms with E-state index >= 15 is 0 Å². The Morgan fingerprint density at radius 2 is 1.35 bits per heavy atom. The summed E-state index contributed by atoms with van der Waals surface area (Å²) in [5.41, 5.74) is 2.71. The Morgan fingerprint density at radius 1 is 0.757 bits per heavy atom. The number of ether oxygens (including phenoxy) is 1. The molecule has 1 N–H and O–H groups in total. The van der Waals surface area contributed by atoms with E-state index in [1.54, 1.807) is 29.2 Å². The molecular weight excluding hydrogens is 484 g/mol. The van der Waals surface area contributed by atoms with Crippen LogP contribution in [0.15, 0.2) is 115 Å². The second-order valence-corrected chi connectivity index (χ2v) is 9.03. The molecule has 1 unspecified atom stereocenters. The topological polar surface area (TPSA) is 58.6 Å².